The van der Waals surface area contributed by atoms with Crippen LogP contribution in [0, 0.1) is 13.8 Å². The van der Waals surface area contributed by atoms with E-state index in [0.717, 1.165) is 22.3 Å². The molecule has 2 amide bonds. The Labute approximate surface area is 168 Å². The van der Waals surface area contributed by atoms with Crippen molar-refractivity contribution in [3.8, 4) is 11.1 Å². The van der Waals surface area contributed by atoms with Crippen LogP contribution in [-0.2, 0) is 9.59 Å². The van der Waals surface area contributed by atoms with E-state index in [0.29, 0.717) is 11.3 Å². The maximum absolute atomic E-state index is 12.1. The van der Waals surface area contributed by atoms with Crippen molar-refractivity contribution in [3.05, 3.63) is 76.0 Å². The van der Waals surface area contributed by atoms with Crippen LogP contribution in [0.1, 0.15) is 22.8 Å². The number of amides is 2. The molecule has 3 aromatic rings. The summed E-state index contributed by atoms with van der Waals surface area (Å²) in [6.45, 7) is 3.77. The molecule has 0 unspecified atom stereocenters. The summed E-state index contributed by atoms with van der Waals surface area (Å²) in [7, 11) is 0. The fourth-order valence-corrected chi connectivity index (χ4v) is 3.44. The minimum Gasteiger partial charge on any atom is -0.387 e. The molecule has 5 nitrogen and oxygen atoms in total. The largest absolute Gasteiger partial charge is 0.387 e. The van der Waals surface area contributed by atoms with E-state index in [4.69, 9.17) is 0 Å². The van der Waals surface area contributed by atoms with E-state index < -0.39 is 17.9 Å². The minimum atomic E-state index is -0.894. The van der Waals surface area contributed by atoms with Crippen molar-refractivity contribution in [2.45, 2.75) is 20.0 Å². The number of aliphatic hydroxyl groups is 1. The van der Waals surface area contributed by atoms with Crippen molar-refractivity contribution in [3.63, 3.8) is 0 Å². The summed E-state index contributed by atoms with van der Waals surface area (Å²) in [6, 6.07) is 15.0. The Morgan fingerprint density at radius 3 is 2.43 bits per heavy atom. The number of aryl methyl sites for hydroxylation is 1. The summed E-state index contributed by atoms with van der Waals surface area (Å²) < 4.78 is 0. The third kappa shape index (κ3) is 4.65. The van der Waals surface area contributed by atoms with E-state index in [1.807, 2.05) is 61.7 Å². The van der Waals surface area contributed by atoms with Gasteiger partial charge in [0.1, 0.15) is 0 Å². The maximum Gasteiger partial charge on any atom is 0.313 e. The lowest BCUT2D eigenvalue weighted by Gasteiger charge is -2.14. The highest BCUT2D eigenvalue weighted by Crippen LogP contribution is 2.24. The third-order valence-electron chi connectivity index (χ3n) is 4.66. The van der Waals surface area contributed by atoms with E-state index in [1.165, 1.54) is 0 Å². The molecule has 0 aliphatic carbocycles. The molecule has 28 heavy (non-hydrogen) atoms. The number of hydrogen-bond donors (Lipinski definition) is 3. The van der Waals surface area contributed by atoms with Crippen molar-refractivity contribution in [2.24, 2.45) is 0 Å². The van der Waals surface area contributed by atoms with Crippen molar-refractivity contribution in [1.29, 1.82) is 0 Å². The lowest BCUT2D eigenvalue weighted by molar-refractivity contribution is -0.136. The van der Waals surface area contributed by atoms with Gasteiger partial charge < -0.3 is 15.7 Å². The predicted octanol–water partition coefficient (Wildman–Crippen LogP) is 3.82. The number of carbonyl (C=O) groups excluding carboxylic acids is 2. The maximum atomic E-state index is 12.1. The molecular formula is C22H22N2O3S. The van der Waals surface area contributed by atoms with Gasteiger partial charge in [-0.05, 0) is 64.6 Å². The predicted molar refractivity (Wildman–Crippen MR) is 112 cm³/mol. The van der Waals surface area contributed by atoms with E-state index in [-0.39, 0.29) is 6.54 Å². The molecule has 0 fully saturated rings. The first-order valence-electron chi connectivity index (χ1n) is 8.91. The van der Waals surface area contributed by atoms with Gasteiger partial charge in [0, 0.05) is 12.2 Å². The summed E-state index contributed by atoms with van der Waals surface area (Å²) in [4.78, 5) is 24.2. The van der Waals surface area contributed by atoms with Crippen LogP contribution in [0.5, 0.6) is 0 Å². The van der Waals surface area contributed by atoms with E-state index >= 15 is 0 Å². The number of thiophene rings is 1. The highest BCUT2D eigenvalue weighted by atomic mass is 32.1. The molecule has 0 spiro atoms. The average Bonchev–Trinajstić information content (AvgIpc) is 3.24. The second-order valence-corrected chi connectivity index (χ2v) is 7.34. The molecule has 0 saturated heterocycles. The van der Waals surface area contributed by atoms with Gasteiger partial charge in [-0.3, -0.25) is 9.59 Å². The van der Waals surface area contributed by atoms with Crippen molar-refractivity contribution < 1.29 is 14.7 Å². The quantitative estimate of drug-likeness (QED) is 0.576. The molecule has 3 N–H and O–H groups in total. The van der Waals surface area contributed by atoms with Gasteiger partial charge in [-0.2, -0.15) is 11.3 Å². The molecule has 0 aliphatic heterocycles. The van der Waals surface area contributed by atoms with E-state index in [1.54, 1.807) is 17.4 Å². The first-order valence-corrected chi connectivity index (χ1v) is 9.86. The van der Waals surface area contributed by atoms with Crippen LogP contribution in [0.15, 0.2) is 59.3 Å². The molecule has 1 aromatic heterocycles. The van der Waals surface area contributed by atoms with E-state index in [9.17, 15) is 14.7 Å². The zero-order chi connectivity index (χ0) is 20.1. The Morgan fingerprint density at radius 2 is 1.75 bits per heavy atom. The third-order valence-corrected chi connectivity index (χ3v) is 5.35. The average molecular weight is 394 g/mol. The molecule has 6 heteroatoms. The molecular weight excluding hydrogens is 372 g/mol. The zero-order valence-electron chi connectivity index (χ0n) is 15.7. The first-order chi connectivity index (χ1) is 13.5. The number of hydrogen-bond acceptors (Lipinski definition) is 4. The van der Waals surface area contributed by atoms with Gasteiger partial charge in [-0.15, -0.1) is 0 Å². The molecule has 2 aromatic carbocycles. The number of aliphatic hydroxyl groups excluding tert-OH is 1. The van der Waals surface area contributed by atoms with Crippen LogP contribution in [0.2, 0.25) is 0 Å². The fraction of sp³-hybridized carbons (Fsp3) is 0.182. The van der Waals surface area contributed by atoms with Gasteiger partial charge in [0.15, 0.2) is 0 Å². The summed E-state index contributed by atoms with van der Waals surface area (Å²) in [5.41, 5.74) is 5.41. The molecule has 1 heterocycles. The van der Waals surface area contributed by atoms with Gasteiger partial charge in [0.05, 0.1) is 6.10 Å². The summed E-state index contributed by atoms with van der Waals surface area (Å²) in [5.74, 6) is -1.54. The first kappa shape index (κ1) is 19.8. The summed E-state index contributed by atoms with van der Waals surface area (Å²) in [5, 5.41) is 19.4. The van der Waals surface area contributed by atoms with Crippen molar-refractivity contribution in [2.75, 3.05) is 11.9 Å². The molecule has 0 bridgehead atoms. The Morgan fingerprint density at radius 1 is 1.00 bits per heavy atom. The molecule has 3 rings (SSSR count). The smallest absolute Gasteiger partial charge is 0.313 e. The van der Waals surface area contributed by atoms with Gasteiger partial charge in [-0.1, -0.05) is 36.4 Å². The lowest BCUT2D eigenvalue weighted by atomic mass is 10.0. The Kier molecular flexibility index (Phi) is 6.23. The fourth-order valence-electron chi connectivity index (χ4n) is 2.78. The van der Waals surface area contributed by atoms with Crippen LogP contribution < -0.4 is 10.6 Å². The standard InChI is InChI=1S/C22H22N2O3S/c1-14-4-3-5-19(15(14)2)24-22(27)21(26)23-12-20(25)17-8-6-16(7-9-17)18-10-11-28-13-18/h3-11,13,20,25H,12H2,1-2H3,(H,23,26)(H,24,27)/t20-/m0/s1. The second kappa shape index (κ2) is 8.82. The minimum absolute atomic E-state index is 0.0448. The second-order valence-electron chi connectivity index (χ2n) is 6.56. The molecule has 0 saturated carbocycles. The normalized spacial score (nSPS) is 11.7. The van der Waals surface area contributed by atoms with Gasteiger partial charge >= 0.3 is 11.8 Å². The zero-order valence-corrected chi connectivity index (χ0v) is 16.5. The van der Waals surface area contributed by atoms with Crippen molar-refractivity contribution in [1.82, 2.24) is 5.32 Å². The number of nitrogens with one attached hydrogen (secondary N) is 2. The molecule has 144 valence electrons. The number of anilines is 1. The van der Waals surface area contributed by atoms with Crippen LogP contribution in [0.3, 0.4) is 0 Å². The summed E-state index contributed by atoms with van der Waals surface area (Å²) in [6.07, 6.45) is -0.894. The summed E-state index contributed by atoms with van der Waals surface area (Å²) >= 11 is 1.63. The Hall–Kier alpha value is -2.96. The lowest BCUT2D eigenvalue weighted by Crippen LogP contribution is -2.37. The van der Waals surface area contributed by atoms with Crippen LogP contribution in [0.25, 0.3) is 11.1 Å². The topological polar surface area (TPSA) is 78.4 Å². The number of carbonyl (C=O) groups is 2. The SMILES string of the molecule is Cc1cccc(NC(=O)C(=O)NC[C@H](O)c2ccc(-c3ccsc3)cc2)c1C. The molecule has 0 radical (unpaired) electrons. The Bertz CT molecular complexity index is 966. The monoisotopic (exact) mass is 394 g/mol. The highest BCUT2D eigenvalue weighted by Gasteiger charge is 2.17. The van der Waals surface area contributed by atoms with Crippen LogP contribution in [0.4, 0.5) is 5.69 Å². The van der Waals surface area contributed by atoms with Gasteiger partial charge in [0.25, 0.3) is 0 Å². The Balaban J connectivity index is 1.55. The van der Waals surface area contributed by atoms with Crippen molar-refractivity contribution >= 4 is 28.8 Å². The molecule has 0 aliphatic rings. The highest BCUT2D eigenvalue weighted by molar-refractivity contribution is 7.08. The van der Waals surface area contributed by atoms with Crippen LogP contribution >= 0.6 is 11.3 Å². The van der Waals surface area contributed by atoms with Gasteiger partial charge in [0.2, 0.25) is 0 Å². The van der Waals surface area contributed by atoms with Crippen LogP contribution in [-0.4, -0.2) is 23.5 Å². The number of rotatable bonds is 5. The molecule has 1 atom stereocenters. The number of benzene rings is 2. The van der Waals surface area contributed by atoms with Gasteiger partial charge in [-0.25, -0.2) is 0 Å². The van der Waals surface area contributed by atoms with E-state index in [2.05, 4.69) is 16.0 Å².